The molecule has 0 bridgehead atoms. The van der Waals surface area contributed by atoms with Gasteiger partial charge in [0.05, 0.1) is 0 Å². The molecule has 0 aliphatic carbocycles. The van der Waals surface area contributed by atoms with Gasteiger partial charge in [-0.05, 0) is 18.9 Å². The highest BCUT2D eigenvalue weighted by atomic mass is 19.3. The monoisotopic (exact) mass is 214 g/mol. The lowest BCUT2D eigenvalue weighted by molar-refractivity contribution is -0.136. The maximum Gasteiger partial charge on any atom is 0.303 e. The highest BCUT2D eigenvalue weighted by molar-refractivity contribution is 5.67. The average molecular weight is 214 g/mol. The number of rotatable bonds is 4. The molecule has 0 amide bonds. The molecule has 15 heavy (non-hydrogen) atoms. The molecule has 82 valence electrons. The molecule has 0 radical (unpaired) electrons. The van der Waals surface area contributed by atoms with E-state index in [0.717, 1.165) is 5.56 Å². The van der Waals surface area contributed by atoms with Gasteiger partial charge in [-0.1, -0.05) is 23.8 Å². The van der Waals surface area contributed by atoms with E-state index in [1.54, 1.807) is 19.1 Å². The summed E-state index contributed by atoms with van der Waals surface area (Å²) in [6, 6.07) is 4.58. The van der Waals surface area contributed by atoms with Crippen molar-refractivity contribution in [3.8, 4) is 0 Å². The predicted molar refractivity (Wildman–Crippen MR) is 52.1 cm³/mol. The first kappa shape index (κ1) is 11.6. The molecule has 0 aliphatic heterocycles. The number of hydrogen-bond acceptors (Lipinski definition) is 1. The van der Waals surface area contributed by atoms with E-state index in [0.29, 0.717) is 5.56 Å². The van der Waals surface area contributed by atoms with Crippen LogP contribution in [0.5, 0.6) is 0 Å². The van der Waals surface area contributed by atoms with Gasteiger partial charge in [0.25, 0.3) is 6.43 Å². The summed E-state index contributed by atoms with van der Waals surface area (Å²) in [5.41, 5.74) is 1.22. The number of carboxylic acid groups (broad SMARTS) is 1. The van der Waals surface area contributed by atoms with Crippen LogP contribution in [0.2, 0.25) is 0 Å². The predicted octanol–water partition coefficient (Wildman–Crippen LogP) is 2.95. The summed E-state index contributed by atoms with van der Waals surface area (Å²) < 4.78 is 25.1. The molecule has 0 spiro atoms. The van der Waals surface area contributed by atoms with Gasteiger partial charge in [-0.25, -0.2) is 8.78 Å². The fraction of sp³-hybridized carbons (Fsp3) is 0.364. The molecule has 4 heteroatoms. The first-order chi connectivity index (χ1) is 7.00. The second-order valence-corrected chi connectivity index (χ2v) is 3.40. The fourth-order valence-electron chi connectivity index (χ4n) is 1.41. The van der Waals surface area contributed by atoms with Crippen molar-refractivity contribution in [2.75, 3.05) is 0 Å². The third-order valence-corrected chi connectivity index (χ3v) is 2.14. The summed E-state index contributed by atoms with van der Waals surface area (Å²) in [7, 11) is 0. The van der Waals surface area contributed by atoms with Crippen LogP contribution in [-0.4, -0.2) is 11.1 Å². The number of alkyl halides is 2. The summed E-state index contributed by atoms with van der Waals surface area (Å²) >= 11 is 0. The molecule has 0 atom stereocenters. The number of carbonyl (C=O) groups is 1. The van der Waals surface area contributed by atoms with Crippen molar-refractivity contribution < 1.29 is 18.7 Å². The minimum absolute atomic E-state index is 0.0677. The Labute approximate surface area is 86.5 Å². The van der Waals surface area contributed by atoms with E-state index in [9.17, 15) is 13.6 Å². The van der Waals surface area contributed by atoms with E-state index < -0.39 is 12.4 Å². The topological polar surface area (TPSA) is 37.3 Å². The molecule has 1 rings (SSSR count). The Morgan fingerprint density at radius 1 is 1.47 bits per heavy atom. The van der Waals surface area contributed by atoms with Gasteiger partial charge in [-0.3, -0.25) is 4.79 Å². The molecule has 0 unspecified atom stereocenters. The summed E-state index contributed by atoms with van der Waals surface area (Å²) in [4.78, 5) is 10.4. The van der Waals surface area contributed by atoms with Gasteiger partial charge in [0, 0.05) is 12.0 Å². The Balaban J connectivity index is 2.91. The van der Waals surface area contributed by atoms with Gasteiger partial charge in [0.1, 0.15) is 0 Å². The SMILES string of the molecule is Cc1ccc(C(F)F)c(CCC(=O)O)c1. The molecule has 0 aromatic heterocycles. The van der Waals surface area contributed by atoms with Crippen LogP contribution < -0.4 is 0 Å². The highest BCUT2D eigenvalue weighted by Crippen LogP contribution is 2.24. The van der Waals surface area contributed by atoms with Gasteiger partial charge in [-0.15, -0.1) is 0 Å². The molecule has 1 N–H and O–H groups in total. The van der Waals surface area contributed by atoms with Gasteiger partial charge < -0.3 is 5.11 Å². The van der Waals surface area contributed by atoms with Gasteiger partial charge >= 0.3 is 5.97 Å². The van der Waals surface area contributed by atoms with Gasteiger partial charge in [0.2, 0.25) is 0 Å². The zero-order chi connectivity index (χ0) is 11.4. The summed E-state index contributed by atoms with van der Waals surface area (Å²) in [5, 5.41) is 8.49. The Morgan fingerprint density at radius 3 is 2.67 bits per heavy atom. The third-order valence-electron chi connectivity index (χ3n) is 2.14. The number of carboxylic acids is 1. The summed E-state index contributed by atoms with van der Waals surface area (Å²) in [6.45, 7) is 1.79. The van der Waals surface area contributed by atoms with Crippen molar-refractivity contribution in [2.24, 2.45) is 0 Å². The van der Waals surface area contributed by atoms with Crippen LogP contribution in [0.25, 0.3) is 0 Å². The quantitative estimate of drug-likeness (QED) is 0.836. The van der Waals surface area contributed by atoms with E-state index in [-0.39, 0.29) is 18.4 Å². The van der Waals surface area contributed by atoms with Crippen molar-refractivity contribution in [3.05, 3.63) is 34.9 Å². The standard InChI is InChI=1S/C11H12F2O2/c1-7-2-4-9(11(12)13)8(6-7)3-5-10(14)15/h2,4,6,11H,3,5H2,1H3,(H,14,15). The van der Waals surface area contributed by atoms with Crippen LogP contribution in [0.1, 0.15) is 29.5 Å². The number of aryl methyl sites for hydroxylation is 2. The fourth-order valence-corrected chi connectivity index (χ4v) is 1.41. The molecule has 0 saturated heterocycles. The highest BCUT2D eigenvalue weighted by Gasteiger charge is 2.13. The molecule has 2 nitrogen and oxygen atoms in total. The summed E-state index contributed by atoms with van der Waals surface area (Å²) in [5.74, 6) is -0.975. The van der Waals surface area contributed by atoms with Crippen LogP contribution in [0.3, 0.4) is 0 Å². The van der Waals surface area contributed by atoms with E-state index in [1.165, 1.54) is 6.07 Å². The maximum atomic E-state index is 12.5. The van der Waals surface area contributed by atoms with E-state index >= 15 is 0 Å². The number of benzene rings is 1. The van der Waals surface area contributed by atoms with E-state index in [1.807, 2.05) is 0 Å². The number of aliphatic carboxylic acids is 1. The van der Waals surface area contributed by atoms with Crippen LogP contribution >= 0.6 is 0 Å². The van der Waals surface area contributed by atoms with Crippen LogP contribution in [0, 0.1) is 6.92 Å². The van der Waals surface area contributed by atoms with Gasteiger partial charge in [-0.2, -0.15) is 0 Å². The van der Waals surface area contributed by atoms with Crippen molar-refractivity contribution in [1.29, 1.82) is 0 Å². The lowest BCUT2D eigenvalue weighted by Crippen LogP contribution is -2.01. The average Bonchev–Trinajstić information content (AvgIpc) is 2.14. The molecule has 1 aromatic rings. The Hall–Kier alpha value is -1.45. The second kappa shape index (κ2) is 4.87. The Bertz CT molecular complexity index is 362. The third kappa shape index (κ3) is 3.31. The van der Waals surface area contributed by atoms with Crippen molar-refractivity contribution in [1.82, 2.24) is 0 Å². The van der Waals surface area contributed by atoms with Crippen LogP contribution in [0.15, 0.2) is 18.2 Å². The Kier molecular flexibility index (Phi) is 3.77. The second-order valence-electron chi connectivity index (χ2n) is 3.40. The first-order valence-corrected chi connectivity index (χ1v) is 4.60. The van der Waals surface area contributed by atoms with E-state index in [4.69, 9.17) is 5.11 Å². The smallest absolute Gasteiger partial charge is 0.303 e. The van der Waals surface area contributed by atoms with E-state index in [2.05, 4.69) is 0 Å². The lowest BCUT2D eigenvalue weighted by atomic mass is 10.0. The zero-order valence-electron chi connectivity index (χ0n) is 8.34. The van der Waals surface area contributed by atoms with Crippen LogP contribution in [0.4, 0.5) is 8.78 Å². The van der Waals surface area contributed by atoms with Crippen molar-refractivity contribution in [3.63, 3.8) is 0 Å². The minimum atomic E-state index is -2.55. The summed E-state index contributed by atoms with van der Waals surface area (Å²) in [6.07, 6.45) is -2.52. The number of halogens is 2. The largest absolute Gasteiger partial charge is 0.481 e. The maximum absolute atomic E-state index is 12.5. The lowest BCUT2D eigenvalue weighted by Gasteiger charge is -2.08. The molecular weight excluding hydrogens is 202 g/mol. The van der Waals surface area contributed by atoms with Gasteiger partial charge in [0.15, 0.2) is 0 Å². The zero-order valence-corrected chi connectivity index (χ0v) is 8.34. The van der Waals surface area contributed by atoms with Crippen molar-refractivity contribution >= 4 is 5.97 Å². The molecule has 1 aromatic carbocycles. The molecule has 0 heterocycles. The minimum Gasteiger partial charge on any atom is -0.481 e. The molecule has 0 saturated carbocycles. The normalized spacial score (nSPS) is 10.7. The number of hydrogen-bond donors (Lipinski definition) is 1. The van der Waals surface area contributed by atoms with Crippen molar-refractivity contribution in [2.45, 2.75) is 26.2 Å². The molecule has 0 fully saturated rings. The first-order valence-electron chi connectivity index (χ1n) is 4.60. The molecule has 0 aliphatic rings. The molecular formula is C11H12F2O2. The Morgan fingerprint density at radius 2 is 2.13 bits per heavy atom. The van der Waals surface area contributed by atoms with Crippen LogP contribution in [-0.2, 0) is 11.2 Å².